The zero-order valence-corrected chi connectivity index (χ0v) is 16.1. The van der Waals surface area contributed by atoms with E-state index in [9.17, 15) is 0 Å². The van der Waals surface area contributed by atoms with Crippen molar-refractivity contribution in [1.29, 1.82) is 0 Å². The Morgan fingerprint density at radius 3 is 2.96 bits per heavy atom. The van der Waals surface area contributed by atoms with Gasteiger partial charge in [0.25, 0.3) is 0 Å². The quantitative estimate of drug-likeness (QED) is 0.476. The molecule has 7 nitrogen and oxygen atoms in total. The second-order valence-electron chi connectivity index (χ2n) is 6.86. The average Bonchev–Trinajstić information content (AvgIpc) is 3.36. The van der Waals surface area contributed by atoms with E-state index in [1.165, 1.54) is 10.9 Å². The average molecular weight is 386 g/mol. The molecule has 0 aliphatic carbocycles. The van der Waals surface area contributed by atoms with Gasteiger partial charge >= 0.3 is 0 Å². The lowest BCUT2D eigenvalue weighted by Crippen LogP contribution is -2.45. The van der Waals surface area contributed by atoms with Crippen molar-refractivity contribution in [3.63, 3.8) is 0 Å². The molecule has 1 saturated heterocycles. The maximum Gasteiger partial charge on any atom is 0.193 e. The van der Waals surface area contributed by atoms with E-state index in [-0.39, 0.29) is 0 Å². The lowest BCUT2D eigenvalue weighted by atomic mass is 9.96. The van der Waals surface area contributed by atoms with E-state index in [0.717, 1.165) is 61.2 Å². The summed E-state index contributed by atoms with van der Waals surface area (Å²) < 4.78 is 0. The summed E-state index contributed by atoms with van der Waals surface area (Å²) in [6, 6.07) is 5.95. The number of aromatic nitrogens is 4. The van der Waals surface area contributed by atoms with Crippen molar-refractivity contribution in [3.05, 3.63) is 47.1 Å². The van der Waals surface area contributed by atoms with Crippen LogP contribution in [0.3, 0.4) is 0 Å². The lowest BCUT2D eigenvalue weighted by Gasteiger charge is -2.33. The molecule has 1 aliphatic rings. The minimum atomic E-state index is 0.456. The van der Waals surface area contributed by atoms with E-state index in [4.69, 9.17) is 11.6 Å². The predicted molar refractivity (Wildman–Crippen MR) is 108 cm³/mol. The van der Waals surface area contributed by atoms with Crippen LogP contribution in [0.2, 0.25) is 5.02 Å². The minimum absolute atomic E-state index is 0.456. The number of likely N-dealkylation sites (tertiary alicyclic amines) is 1. The molecule has 1 aliphatic heterocycles. The Hall–Kier alpha value is -2.54. The van der Waals surface area contributed by atoms with Crippen molar-refractivity contribution in [2.45, 2.75) is 25.2 Å². The van der Waals surface area contributed by atoms with Crippen LogP contribution < -0.4 is 5.32 Å². The molecule has 0 amide bonds. The standard InChI is InChI=1S/C19H24ClN7/c1-21-19(27-8-5-13(6-9-27)18-24-12-25-26-18)22-7-4-14-11-23-17-3-2-15(20)10-16(14)17/h2-3,10-13,23H,4-9H2,1H3,(H,21,22)(H,24,25,26). The van der Waals surface area contributed by atoms with Crippen molar-refractivity contribution in [2.75, 3.05) is 26.7 Å². The highest BCUT2D eigenvalue weighted by atomic mass is 35.5. The van der Waals surface area contributed by atoms with Gasteiger partial charge in [0.2, 0.25) is 0 Å². The molecule has 0 radical (unpaired) electrons. The second-order valence-corrected chi connectivity index (χ2v) is 7.30. The Morgan fingerprint density at radius 2 is 2.22 bits per heavy atom. The van der Waals surface area contributed by atoms with Crippen LogP contribution in [0.4, 0.5) is 0 Å². The van der Waals surface area contributed by atoms with Crippen molar-refractivity contribution < 1.29 is 0 Å². The molecule has 0 unspecified atom stereocenters. The van der Waals surface area contributed by atoms with E-state index in [1.54, 1.807) is 6.33 Å². The van der Waals surface area contributed by atoms with Gasteiger partial charge in [-0.1, -0.05) is 11.6 Å². The van der Waals surface area contributed by atoms with Crippen LogP contribution in [0.25, 0.3) is 10.9 Å². The summed E-state index contributed by atoms with van der Waals surface area (Å²) in [6.07, 6.45) is 6.66. The van der Waals surface area contributed by atoms with Crippen LogP contribution in [0.15, 0.2) is 35.7 Å². The number of hydrogen-bond donors (Lipinski definition) is 3. The summed E-state index contributed by atoms with van der Waals surface area (Å²) >= 11 is 6.14. The molecular weight excluding hydrogens is 362 g/mol. The molecule has 2 aromatic heterocycles. The van der Waals surface area contributed by atoms with Crippen molar-refractivity contribution in [2.24, 2.45) is 4.99 Å². The molecule has 27 heavy (non-hydrogen) atoms. The highest BCUT2D eigenvalue weighted by Crippen LogP contribution is 2.25. The molecular formula is C19H24ClN7. The van der Waals surface area contributed by atoms with Gasteiger partial charge in [0.05, 0.1) is 0 Å². The Balaban J connectivity index is 1.31. The van der Waals surface area contributed by atoms with Crippen molar-refractivity contribution in [3.8, 4) is 0 Å². The molecule has 4 rings (SSSR count). The number of benzene rings is 1. The van der Waals surface area contributed by atoms with E-state index < -0.39 is 0 Å². The molecule has 3 heterocycles. The third-order valence-corrected chi connectivity index (χ3v) is 5.47. The smallest absolute Gasteiger partial charge is 0.193 e. The summed E-state index contributed by atoms with van der Waals surface area (Å²) in [5.41, 5.74) is 2.38. The number of aromatic amines is 2. The van der Waals surface area contributed by atoms with Gasteiger partial charge in [-0.2, -0.15) is 5.10 Å². The molecule has 1 aromatic carbocycles. The van der Waals surface area contributed by atoms with Crippen molar-refractivity contribution >= 4 is 28.5 Å². The summed E-state index contributed by atoms with van der Waals surface area (Å²) in [7, 11) is 1.84. The van der Waals surface area contributed by atoms with Crippen LogP contribution in [0, 0.1) is 0 Å². The first kappa shape index (κ1) is 17.9. The van der Waals surface area contributed by atoms with Crippen LogP contribution in [-0.4, -0.2) is 57.7 Å². The molecule has 3 aromatic rings. The topological polar surface area (TPSA) is 85.0 Å². The largest absolute Gasteiger partial charge is 0.361 e. The maximum atomic E-state index is 6.14. The highest BCUT2D eigenvalue weighted by Gasteiger charge is 2.24. The van der Waals surface area contributed by atoms with Gasteiger partial charge in [0.15, 0.2) is 5.96 Å². The monoisotopic (exact) mass is 385 g/mol. The number of halogens is 1. The number of nitrogens with one attached hydrogen (secondary N) is 3. The van der Waals surface area contributed by atoms with E-state index >= 15 is 0 Å². The number of rotatable bonds is 4. The van der Waals surface area contributed by atoms with Gasteiger partial charge in [0, 0.05) is 54.7 Å². The number of piperidine rings is 1. The Labute approximate surface area is 163 Å². The molecule has 1 fully saturated rings. The zero-order valence-electron chi connectivity index (χ0n) is 15.4. The SMILES string of the molecule is CN=C(NCCc1c[nH]c2ccc(Cl)cc12)N1CCC(c2ncn[nH]2)CC1. The summed E-state index contributed by atoms with van der Waals surface area (Å²) in [5.74, 6) is 2.41. The third-order valence-electron chi connectivity index (χ3n) is 5.23. The molecule has 0 spiro atoms. The van der Waals surface area contributed by atoms with Crippen LogP contribution in [0.5, 0.6) is 0 Å². The number of hydrogen-bond acceptors (Lipinski definition) is 3. The number of nitrogens with zero attached hydrogens (tertiary/aromatic N) is 4. The number of guanidine groups is 1. The Bertz CT molecular complexity index is 907. The molecule has 142 valence electrons. The van der Waals surface area contributed by atoms with Crippen molar-refractivity contribution in [1.82, 2.24) is 30.4 Å². The first-order valence-electron chi connectivity index (χ1n) is 9.31. The zero-order chi connectivity index (χ0) is 18.6. The van der Waals surface area contributed by atoms with E-state index in [1.807, 2.05) is 25.2 Å². The molecule has 0 atom stereocenters. The lowest BCUT2D eigenvalue weighted by molar-refractivity contribution is 0.299. The van der Waals surface area contributed by atoms with Crippen LogP contribution in [-0.2, 0) is 6.42 Å². The Morgan fingerprint density at radius 1 is 1.37 bits per heavy atom. The van der Waals surface area contributed by atoms with Gasteiger partial charge in [-0.25, -0.2) is 4.98 Å². The Kier molecular flexibility index (Phi) is 5.29. The first-order valence-corrected chi connectivity index (χ1v) is 9.69. The van der Waals surface area contributed by atoms with Crippen LogP contribution >= 0.6 is 11.6 Å². The fourth-order valence-corrected chi connectivity index (χ4v) is 3.95. The molecule has 0 saturated carbocycles. The van der Waals surface area contributed by atoms with E-state index in [0.29, 0.717) is 5.92 Å². The normalized spacial score (nSPS) is 16.2. The van der Waals surface area contributed by atoms with Gasteiger partial charge in [0.1, 0.15) is 12.2 Å². The van der Waals surface area contributed by atoms with Crippen LogP contribution in [0.1, 0.15) is 30.1 Å². The molecule has 0 bridgehead atoms. The number of H-pyrrole nitrogens is 2. The van der Waals surface area contributed by atoms with Gasteiger partial charge in [-0.15, -0.1) is 0 Å². The number of aliphatic imine (C=N–C) groups is 1. The first-order chi connectivity index (χ1) is 13.2. The second kappa shape index (κ2) is 8.00. The summed E-state index contributed by atoms with van der Waals surface area (Å²) in [5, 5.41) is 12.4. The van der Waals surface area contributed by atoms with Gasteiger partial charge in [-0.3, -0.25) is 10.1 Å². The summed E-state index contributed by atoms with van der Waals surface area (Å²) in [6.45, 7) is 2.76. The van der Waals surface area contributed by atoms with Gasteiger partial charge < -0.3 is 15.2 Å². The van der Waals surface area contributed by atoms with Gasteiger partial charge in [-0.05, 0) is 43.0 Å². The van der Waals surface area contributed by atoms with E-state index in [2.05, 4.69) is 41.6 Å². The molecule has 3 N–H and O–H groups in total. The fourth-order valence-electron chi connectivity index (χ4n) is 3.78. The predicted octanol–water partition coefficient (Wildman–Crippen LogP) is 2.94. The highest BCUT2D eigenvalue weighted by molar-refractivity contribution is 6.31. The minimum Gasteiger partial charge on any atom is -0.361 e. The fraction of sp³-hybridized carbons (Fsp3) is 0.421. The maximum absolute atomic E-state index is 6.14. The third kappa shape index (κ3) is 3.93. The molecule has 8 heteroatoms. The number of fused-ring (bicyclic) bond motifs is 1. The summed E-state index contributed by atoms with van der Waals surface area (Å²) in [4.78, 5) is 14.4.